The Morgan fingerprint density at radius 3 is 2.52 bits per heavy atom. The molecule has 31 heavy (non-hydrogen) atoms. The van der Waals surface area contributed by atoms with E-state index in [9.17, 15) is 19.5 Å². The average molecular weight is 469 g/mol. The maximum atomic E-state index is 12.7. The SMILES string of the molecule is CCOC(=S)SC(CCC(=O)c1ccc(OC)cc1O)B1OC(=O)CN(C)CC(=O)O1. The van der Waals surface area contributed by atoms with Crippen molar-refractivity contribution < 1.29 is 38.3 Å². The first kappa shape index (κ1) is 25.0. The van der Waals surface area contributed by atoms with Gasteiger partial charge in [0.1, 0.15) is 11.5 Å². The van der Waals surface area contributed by atoms with Crippen LogP contribution in [0.5, 0.6) is 11.5 Å². The summed E-state index contributed by atoms with van der Waals surface area (Å²) >= 11 is 6.22. The number of thiocarbonyl (C=S) groups is 1. The van der Waals surface area contributed by atoms with Gasteiger partial charge in [-0.15, -0.1) is 0 Å². The fourth-order valence-electron chi connectivity index (χ4n) is 2.81. The Balaban J connectivity index is 2.15. The van der Waals surface area contributed by atoms with E-state index in [-0.39, 0.29) is 47.4 Å². The van der Waals surface area contributed by atoms with Crippen LogP contribution >= 0.6 is 24.0 Å². The Kier molecular flexibility index (Phi) is 9.60. The molecule has 168 valence electrons. The number of thioether (sulfide) groups is 1. The zero-order valence-corrected chi connectivity index (χ0v) is 19.1. The topological polar surface area (TPSA) is 112 Å². The lowest BCUT2D eigenvalue weighted by atomic mass is 9.80. The number of benzene rings is 1. The first-order chi connectivity index (χ1) is 14.7. The molecule has 1 aromatic rings. The number of carbonyl (C=O) groups excluding carboxylic acids is 3. The largest absolute Gasteiger partial charge is 0.613 e. The highest BCUT2D eigenvalue weighted by atomic mass is 32.2. The van der Waals surface area contributed by atoms with Crippen molar-refractivity contribution in [1.82, 2.24) is 4.90 Å². The van der Waals surface area contributed by atoms with Gasteiger partial charge in [-0.1, -0.05) is 11.8 Å². The number of phenols is 1. The Bertz CT molecular complexity index is 817. The molecule has 0 aliphatic carbocycles. The third-order valence-corrected chi connectivity index (χ3v) is 5.75. The van der Waals surface area contributed by atoms with Gasteiger partial charge in [-0.25, -0.2) is 0 Å². The molecule has 0 bridgehead atoms. The van der Waals surface area contributed by atoms with Gasteiger partial charge in [0.25, 0.3) is 0 Å². The van der Waals surface area contributed by atoms with Crippen LogP contribution in [0.1, 0.15) is 30.1 Å². The van der Waals surface area contributed by atoms with Crippen LogP contribution in [0.3, 0.4) is 0 Å². The highest BCUT2D eigenvalue weighted by Crippen LogP contribution is 2.28. The molecule has 0 spiro atoms. The molecule has 9 nitrogen and oxygen atoms in total. The molecule has 2 rings (SSSR count). The number of rotatable bonds is 8. The lowest BCUT2D eigenvalue weighted by molar-refractivity contribution is -0.145. The maximum Gasteiger partial charge on any atom is 0.613 e. The normalized spacial score (nSPS) is 15.9. The van der Waals surface area contributed by atoms with E-state index in [0.29, 0.717) is 12.4 Å². The van der Waals surface area contributed by atoms with E-state index >= 15 is 0 Å². The number of hydrogen-bond donors (Lipinski definition) is 1. The minimum Gasteiger partial charge on any atom is -0.507 e. The molecule has 1 heterocycles. The molecule has 0 amide bonds. The highest BCUT2D eigenvalue weighted by Gasteiger charge is 2.41. The van der Waals surface area contributed by atoms with Crippen molar-refractivity contribution in [2.75, 3.05) is 33.9 Å². The van der Waals surface area contributed by atoms with Crippen LogP contribution in [0.15, 0.2) is 18.2 Å². The molecule has 0 aromatic heterocycles. The smallest absolute Gasteiger partial charge is 0.507 e. The van der Waals surface area contributed by atoms with Gasteiger partial charge >= 0.3 is 19.1 Å². The molecular formula is C19H24BNO8S2. The molecule has 12 heteroatoms. The lowest BCUT2D eigenvalue weighted by Crippen LogP contribution is -2.47. The van der Waals surface area contributed by atoms with Gasteiger partial charge in [-0.2, -0.15) is 0 Å². The Morgan fingerprint density at radius 2 is 1.97 bits per heavy atom. The van der Waals surface area contributed by atoms with E-state index < -0.39 is 24.2 Å². The van der Waals surface area contributed by atoms with E-state index in [1.54, 1.807) is 20.0 Å². The Labute approximate surface area is 190 Å². The number of Topliss-reactive ketones (excluding diaryl/α,β-unsaturated/α-hetero) is 1. The maximum absolute atomic E-state index is 12.7. The van der Waals surface area contributed by atoms with Crippen LogP contribution < -0.4 is 4.74 Å². The molecule has 1 unspecified atom stereocenters. The summed E-state index contributed by atoms with van der Waals surface area (Å²) in [5.41, 5.74) is 0.130. The van der Waals surface area contributed by atoms with Crippen LogP contribution in [0.2, 0.25) is 0 Å². The first-order valence-electron chi connectivity index (χ1n) is 9.54. The van der Waals surface area contributed by atoms with Crippen LogP contribution in [-0.2, 0) is 23.6 Å². The molecule has 1 aromatic carbocycles. The van der Waals surface area contributed by atoms with Gasteiger partial charge in [-0.3, -0.25) is 19.3 Å². The molecule has 1 fully saturated rings. The van der Waals surface area contributed by atoms with Crippen molar-refractivity contribution in [3.63, 3.8) is 0 Å². The van der Waals surface area contributed by atoms with Gasteiger partial charge in [0.2, 0.25) is 4.38 Å². The molecule has 0 saturated carbocycles. The zero-order valence-electron chi connectivity index (χ0n) is 17.5. The Morgan fingerprint density at radius 1 is 1.32 bits per heavy atom. The predicted octanol–water partition coefficient (Wildman–Crippen LogP) is 1.85. The number of likely N-dealkylation sites (N-methyl/N-ethyl adjacent to an activating group) is 1. The van der Waals surface area contributed by atoms with E-state index in [1.165, 1.54) is 24.1 Å². The van der Waals surface area contributed by atoms with E-state index in [2.05, 4.69) is 0 Å². The van der Waals surface area contributed by atoms with Crippen molar-refractivity contribution in [2.45, 2.75) is 24.9 Å². The fourth-order valence-corrected chi connectivity index (χ4v) is 4.19. The summed E-state index contributed by atoms with van der Waals surface area (Å²) in [6, 6.07) is 4.38. The molecule has 1 N–H and O–H groups in total. The standard InChI is InChI=1S/C19H24BNO8S2/c1-4-27-19(30)31-16(20-28-17(24)10-21(2)11-18(25)29-20)8-7-14(22)13-6-5-12(26-3)9-15(13)23/h5-6,9,16,23H,4,7-8,10-11H2,1-3H3. The molecule has 0 radical (unpaired) electrons. The van der Waals surface area contributed by atoms with Crippen molar-refractivity contribution >= 4 is 53.2 Å². The minimum absolute atomic E-state index is 0.0161. The second-order valence-corrected chi connectivity index (χ2v) is 8.55. The number of methoxy groups -OCH3 is 1. The monoisotopic (exact) mass is 469 g/mol. The average Bonchev–Trinajstić information content (AvgIpc) is 2.69. The van der Waals surface area contributed by atoms with Crippen molar-refractivity contribution in [1.29, 1.82) is 0 Å². The van der Waals surface area contributed by atoms with Gasteiger partial charge in [-0.05, 0) is 44.7 Å². The van der Waals surface area contributed by atoms with Crippen LogP contribution in [-0.4, -0.2) is 78.2 Å². The second-order valence-electron chi connectivity index (χ2n) is 6.70. The van der Waals surface area contributed by atoms with E-state index in [4.69, 9.17) is 31.0 Å². The van der Waals surface area contributed by atoms with Gasteiger partial charge in [0.05, 0.1) is 37.5 Å². The van der Waals surface area contributed by atoms with E-state index in [1.807, 2.05) is 0 Å². The lowest BCUT2D eigenvalue weighted by Gasteiger charge is -2.26. The fraction of sp³-hybridized carbons (Fsp3) is 0.474. The number of aromatic hydroxyl groups is 1. The predicted molar refractivity (Wildman–Crippen MR) is 119 cm³/mol. The molecule has 1 aliphatic heterocycles. The number of ether oxygens (including phenoxy) is 2. The van der Waals surface area contributed by atoms with Crippen molar-refractivity contribution in [3.8, 4) is 11.5 Å². The van der Waals surface area contributed by atoms with Gasteiger partial charge < -0.3 is 23.9 Å². The molecular weight excluding hydrogens is 445 g/mol. The summed E-state index contributed by atoms with van der Waals surface area (Å²) in [5.74, 6) is -1.25. The summed E-state index contributed by atoms with van der Waals surface area (Å²) in [7, 11) is 1.82. The number of hydrogen-bond acceptors (Lipinski definition) is 11. The number of ketones is 1. The number of carbonyl (C=O) groups is 3. The van der Waals surface area contributed by atoms with Crippen LogP contribution in [0.4, 0.5) is 0 Å². The number of nitrogens with zero attached hydrogens (tertiary/aromatic N) is 1. The molecule has 1 aliphatic rings. The zero-order chi connectivity index (χ0) is 23.0. The van der Waals surface area contributed by atoms with Crippen LogP contribution in [0, 0.1) is 0 Å². The minimum atomic E-state index is -1.23. The van der Waals surface area contributed by atoms with Crippen molar-refractivity contribution in [3.05, 3.63) is 23.8 Å². The first-order valence-corrected chi connectivity index (χ1v) is 10.8. The summed E-state index contributed by atoms with van der Waals surface area (Å²) in [5, 5.41) is 9.43. The third-order valence-electron chi connectivity index (χ3n) is 4.27. The molecule has 1 atom stereocenters. The summed E-state index contributed by atoms with van der Waals surface area (Å²) in [6.45, 7) is 1.96. The van der Waals surface area contributed by atoms with Gasteiger partial charge in [0, 0.05) is 12.5 Å². The quantitative estimate of drug-likeness (QED) is 0.342. The number of phenolic OH excluding ortho intramolecular Hbond substituents is 1. The second kappa shape index (κ2) is 11.9. The molecule has 1 saturated heterocycles. The summed E-state index contributed by atoms with van der Waals surface area (Å²) in [6.07, 6.45) is 0.140. The third kappa shape index (κ3) is 7.71. The van der Waals surface area contributed by atoms with Gasteiger partial charge in [0.15, 0.2) is 5.78 Å². The summed E-state index contributed by atoms with van der Waals surface area (Å²) < 4.78 is 21.1. The summed E-state index contributed by atoms with van der Waals surface area (Å²) in [4.78, 5) is 38.3. The Hall–Kier alpha value is -2.31. The van der Waals surface area contributed by atoms with E-state index in [0.717, 1.165) is 11.8 Å². The van der Waals surface area contributed by atoms with Crippen LogP contribution in [0.25, 0.3) is 0 Å². The van der Waals surface area contributed by atoms with Crippen molar-refractivity contribution in [2.24, 2.45) is 0 Å². The highest BCUT2D eigenvalue weighted by molar-refractivity contribution is 8.23.